The van der Waals surface area contributed by atoms with Crippen LogP contribution in [0.1, 0.15) is 52.1 Å². The number of amides is 1. The lowest BCUT2D eigenvalue weighted by molar-refractivity contribution is -0.130. The van der Waals surface area contributed by atoms with E-state index in [-0.39, 0.29) is 11.9 Å². The predicted molar refractivity (Wildman–Crippen MR) is 84.2 cm³/mol. The summed E-state index contributed by atoms with van der Waals surface area (Å²) < 4.78 is 0. The second kappa shape index (κ2) is 7.44. The summed E-state index contributed by atoms with van der Waals surface area (Å²) in [5.74, 6) is 0.572. The van der Waals surface area contributed by atoms with E-state index < -0.39 is 5.41 Å². The number of hydrogen-bond acceptors (Lipinski definition) is 2. The summed E-state index contributed by atoms with van der Waals surface area (Å²) in [7, 11) is 0. The Morgan fingerprint density at radius 1 is 1.30 bits per heavy atom. The number of benzene rings is 1. The molecule has 2 unspecified atom stereocenters. The second-order valence-electron chi connectivity index (χ2n) is 6.18. The first-order valence-electron chi connectivity index (χ1n) is 7.49. The van der Waals surface area contributed by atoms with Gasteiger partial charge in [0.15, 0.2) is 0 Å². The Morgan fingerprint density at radius 3 is 2.35 bits per heavy atom. The van der Waals surface area contributed by atoms with Crippen molar-refractivity contribution in [2.75, 3.05) is 6.54 Å². The average molecular weight is 276 g/mol. The van der Waals surface area contributed by atoms with Gasteiger partial charge in [-0.2, -0.15) is 0 Å². The zero-order valence-electron chi connectivity index (χ0n) is 13.1. The fourth-order valence-electron chi connectivity index (χ4n) is 2.17. The minimum absolute atomic E-state index is 0.0528. The highest BCUT2D eigenvalue weighted by Gasteiger charge is 2.31. The lowest BCUT2D eigenvalue weighted by Gasteiger charge is -2.29. The molecule has 0 heterocycles. The van der Waals surface area contributed by atoms with E-state index in [2.05, 4.69) is 31.3 Å². The van der Waals surface area contributed by atoms with Crippen LogP contribution >= 0.6 is 0 Å². The Bertz CT molecular complexity index is 410. The molecule has 0 spiro atoms. The molecule has 3 heteroatoms. The predicted octanol–water partition coefficient (Wildman–Crippen LogP) is 3.27. The van der Waals surface area contributed by atoms with Crippen molar-refractivity contribution < 1.29 is 4.79 Å². The first kappa shape index (κ1) is 16.7. The average Bonchev–Trinajstić information content (AvgIpc) is 2.46. The molecule has 0 aliphatic carbocycles. The Morgan fingerprint density at radius 2 is 1.90 bits per heavy atom. The van der Waals surface area contributed by atoms with Gasteiger partial charge in [-0.15, -0.1) is 0 Å². The van der Waals surface area contributed by atoms with Crippen molar-refractivity contribution in [3.05, 3.63) is 35.9 Å². The van der Waals surface area contributed by atoms with Gasteiger partial charge in [-0.1, -0.05) is 51.1 Å². The van der Waals surface area contributed by atoms with Gasteiger partial charge < -0.3 is 11.1 Å². The Kier molecular flexibility index (Phi) is 6.21. The lowest BCUT2D eigenvalue weighted by atomic mass is 9.85. The van der Waals surface area contributed by atoms with E-state index in [9.17, 15) is 4.79 Å². The van der Waals surface area contributed by atoms with Crippen LogP contribution in [0.3, 0.4) is 0 Å². The lowest BCUT2D eigenvalue weighted by Crippen LogP contribution is -2.45. The van der Waals surface area contributed by atoms with E-state index >= 15 is 0 Å². The van der Waals surface area contributed by atoms with Crippen LogP contribution in [0.2, 0.25) is 0 Å². The van der Waals surface area contributed by atoms with Crippen LogP contribution in [0.5, 0.6) is 0 Å². The highest BCUT2D eigenvalue weighted by Crippen LogP contribution is 2.25. The first-order valence-corrected chi connectivity index (χ1v) is 7.49. The van der Waals surface area contributed by atoms with Crippen molar-refractivity contribution in [3.63, 3.8) is 0 Å². The Balaban J connectivity index is 2.88. The molecule has 0 aliphatic heterocycles. The number of hydrogen-bond donors (Lipinski definition) is 2. The third kappa shape index (κ3) is 4.34. The zero-order chi connectivity index (χ0) is 15.2. The van der Waals surface area contributed by atoms with E-state index in [1.807, 2.05) is 32.0 Å². The summed E-state index contributed by atoms with van der Waals surface area (Å²) in [5, 5.41) is 3.19. The summed E-state index contributed by atoms with van der Waals surface area (Å²) in [4.78, 5) is 12.5. The summed E-state index contributed by atoms with van der Waals surface area (Å²) in [6, 6.07) is 10.2. The molecule has 3 nitrogen and oxygen atoms in total. The molecule has 0 aliphatic rings. The van der Waals surface area contributed by atoms with Gasteiger partial charge in [-0.25, -0.2) is 0 Å². The van der Waals surface area contributed by atoms with Crippen molar-refractivity contribution in [1.29, 1.82) is 0 Å². The highest BCUT2D eigenvalue weighted by molar-refractivity contribution is 5.82. The molecule has 0 bridgehead atoms. The third-order valence-corrected chi connectivity index (χ3v) is 3.99. The van der Waals surface area contributed by atoms with Gasteiger partial charge in [0, 0.05) is 6.54 Å². The first-order chi connectivity index (χ1) is 9.42. The maximum Gasteiger partial charge on any atom is 0.227 e. The standard InChI is InChI=1S/C17H28N2O/c1-5-17(4,12-18)16(20)19-15(11-13(2)3)14-9-7-6-8-10-14/h6-10,13,15H,5,11-12,18H2,1-4H3,(H,19,20). The summed E-state index contributed by atoms with van der Waals surface area (Å²) in [6.45, 7) is 8.65. The van der Waals surface area contributed by atoms with Crippen molar-refractivity contribution in [2.24, 2.45) is 17.1 Å². The minimum Gasteiger partial charge on any atom is -0.349 e. The van der Waals surface area contributed by atoms with Gasteiger partial charge in [0.05, 0.1) is 11.5 Å². The molecule has 3 N–H and O–H groups in total. The maximum atomic E-state index is 12.5. The Labute approximate surface area is 122 Å². The normalized spacial score (nSPS) is 15.7. The third-order valence-electron chi connectivity index (χ3n) is 3.99. The molecule has 0 saturated heterocycles. The largest absolute Gasteiger partial charge is 0.349 e. The molecule has 112 valence electrons. The van der Waals surface area contributed by atoms with Crippen molar-refractivity contribution in [3.8, 4) is 0 Å². The number of carbonyl (C=O) groups is 1. The van der Waals surface area contributed by atoms with Crippen molar-refractivity contribution in [1.82, 2.24) is 5.32 Å². The molecule has 1 aromatic carbocycles. The number of rotatable bonds is 7. The van der Waals surface area contributed by atoms with Crippen LogP contribution in [0, 0.1) is 11.3 Å². The van der Waals surface area contributed by atoms with Crippen molar-refractivity contribution in [2.45, 2.75) is 46.6 Å². The van der Waals surface area contributed by atoms with Crippen LogP contribution in [-0.4, -0.2) is 12.5 Å². The van der Waals surface area contributed by atoms with E-state index in [4.69, 9.17) is 5.73 Å². The SMILES string of the molecule is CCC(C)(CN)C(=O)NC(CC(C)C)c1ccccc1. The van der Waals surface area contributed by atoms with Crippen LogP contribution in [0.25, 0.3) is 0 Å². The molecule has 0 saturated carbocycles. The molecular formula is C17H28N2O. The monoisotopic (exact) mass is 276 g/mol. The van der Waals surface area contributed by atoms with Gasteiger partial charge in [0.1, 0.15) is 0 Å². The van der Waals surface area contributed by atoms with Crippen LogP contribution in [0.4, 0.5) is 0 Å². The summed E-state index contributed by atoms with van der Waals surface area (Å²) in [5.41, 5.74) is 6.45. The molecule has 1 aromatic rings. The van der Waals surface area contributed by atoms with Gasteiger partial charge in [-0.05, 0) is 31.2 Å². The highest BCUT2D eigenvalue weighted by atomic mass is 16.2. The molecule has 0 fully saturated rings. The van der Waals surface area contributed by atoms with Gasteiger partial charge in [0.25, 0.3) is 0 Å². The van der Waals surface area contributed by atoms with Crippen LogP contribution in [0.15, 0.2) is 30.3 Å². The second-order valence-corrected chi connectivity index (χ2v) is 6.18. The molecule has 0 radical (unpaired) electrons. The quantitative estimate of drug-likeness (QED) is 0.803. The number of carbonyl (C=O) groups excluding carboxylic acids is 1. The van der Waals surface area contributed by atoms with Gasteiger partial charge >= 0.3 is 0 Å². The Hall–Kier alpha value is -1.35. The van der Waals surface area contributed by atoms with Gasteiger partial charge in [0.2, 0.25) is 5.91 Å². The topological polar surface area (TPSA) is 55.1 Å². The van der Waals surface area contributed by atoms with Crippen LogP contribution in [-0.2, 0) is 4.79 Å². The maximum absolute atomic E-state index is 12.5. The van der Waals surface area contributed by atoms with Gasteiger partial charge in [-0.3, -0.25) is 4.79 Å². The molecule has 0 aromatic heterocycles. The summed E-state index contributed by atoms with van der Waals surface area (Å²) in [6.07, 6.45) is 1.68. The number of nitrogens with one attached hydrogen (secondary N) is 1. The van der Waals surface area contributed by atoms with E-state index in [0.717, 1.165) is 18.4 Å². The fraction of sp³-hybridized carbons (Fsp3) is 0.588. The van der Waals surface area contributed by atoms with E-state index in [1.165, 1.54) is 0 Å². The van der Waals surface area contributed by atoms with E-state index in [1.54, 1.807) is 0 Å². The molecule has 1 amide bonds. The van der Waals surface area contributed by atoms with Crippen molar-refractivity contribution >= 4 is 5.91 Å². The fourth-order valence-corrected chi connectivity index (χ4v) is 2.17. The molecule has 2 atom stereocenters. The molecular weight excluding hydrogens is 248 g/mol. The number of nitrogens with two attached hydrogens (primary N) is 1. The minimum atomic E-state index is -0.482. The zero-order valence-corrected chi connectivity index (χ0v) is 13.1. The van der Waals surface area contributed by atoms with Crippen LogP contribution < -0.4 is 11.1 Å². The molecule has 20 heavy (non-hydrogen) atoms. The smallest absolute Gasteiger partial charge is 0.227 e. The van der Waals surface area contributed by atoms with E-state index in [0.29, 0.717) is 12.5 Å². The molecule has 1 rings (SSSR count). The summed E-state index contributed by atoms with van der Waals surface area (Å²) >= 11 is 0.